The number of nitrogens with zero attached hydrogens (tertiary/aromatic N) is 5. The molecule has 0 radical (unpaired) electrons. The van der Waals surface area contributed by atoms with Crippen LogP contribution < -0.4 is 10.6 Å². The lowest BCUT2D eigenvalue weighted by Crippen LogP contribution is -2.48. The Morgan fingerprint density at radius 1 is 1.26 bits per heavy atom. The van der Waals surface area contributed by atoms with E-state index in [-0.39, 0.29) is 12.4 Å². The fourth-order valence-electron chi connectivity index (χ4n) is 2.11. The zero-order valence-corrected chi connectivity index (χ0v) is 10.6. The molecule has 0 unspecified atom stereocenters. The van der Waals surface area contributed by atoms with E-state index in [4.69, 9.17) is 16.0 Å². The van der Waals surface area contributed by atoms with Crippen molar-refractivity contribution in [3.63, 3.8) is 0 Å². The second kappa shape index (κ2) is 6.30. The highest BCUT2D eigenvalue weighted by Gasteiger charge is 2.21. The van der Waals surface area contributed by atoms with E-state index in [1.54, 1.807) is 6.20 Å². The molecule has 104 valence electrons. The lowest BCUT2D eigenvalue weighted by atomic mass is 10.2. The van der Waals surface area contributed by atoms with Gasteiger partial charge in [-0.15, -0.1) is 0 Å². The molecule has 1 saturated heterocycles. The van der Waals surface area contributed by atoms with Crippen molar-refractivity contribution in [1.29, 1.82) is 0 Å². The van der Waals surface area contributed by atoms with Gasteiger partial charge in [-0.05, 0) is 0 Å². The molecule has 0 aliphatic carbocycles. The standard InChI is InChI=1S/C11H18N6O2/c12-10(15-19)9-11(14-2-1-13-9)17-5-3-16(4-6-17)7-8-18/h1-2,18-19H,3-8H2,(H2,12,15). The third-order valence-electron chi connectivity index (χ3n) is 3.12. The molecule has 1 aliphatic rings. The normalized spacial score (nSPS) is 17.7. The first-order valence-electron chi connectivity index (χ1n) is 6.13. The Bertz CT molecular complexity index is 445. The molecule has 0 saturated carbocycles. The van der Waals surface area contributed by atoms with Crippen molar-refractivity contribution < 1.29 is 10.3 Å². The highest BCUT2D eigenvalue weighted by Crippen LogP contribution is 2.16. The van der Waals surface area contributed by atoms with Crippen molar-refractivity contribution in [3.05, 3.63) is 18.1 Å². The van der Waals surface area contributed by atoms with Gasteiger partial charge >= 0.3 is 0 Å². The van der Waals surface area contributed by atoms with Gasteiger partial charge in [-0.3, -0.25) is 4.90 Å². The monoisotopic (exact) mass is 266 g/mol. The first-order valence-corrected chi connectivity index (χ1v) is 6.13. The van der Waals surface area contributed by atoms with Crippen LogP contribution in [0.25, 0.3) is 0 Å². The maximum absolute atomic E-state index is 8.91. The molecular formula is C11H18N6O2. The fraction of sp³-hybridized carbons (Fsp3) is 0.545. The Morgan fingerprint density at radius 2 is 1.95 bits per heavy atom. The third-order valence-corrected chi connectivity index (χ3v) is 3.12. The van der Waals surface area contributed by atoms with Crippen LogP contribution in [0.15, 0.2) is 17.5 Å². The molecule has 1 aromatic rings. The number of aliphatic hydroxyl groups excluding tert-OH is 1. The summed E-state index contributed by atoms with van der Waals surface area (Å²) in [5, 5.41) is 20.7. The molecule has 0 amide bonds. The number of β-amino-alcohol motifs (C(OH)–C–C–N with tert-alkyl or cyclic N) is 1. The maximum atomic E-state index is 8.91. The largest absolute Gasteiger partial charge is 0.409 e. The Balaban J connectivity index is 2.11. The lowest BCUT2D eigenvalue weighted by Gasteiger charge is -2.35. The zero-order valence-electron chi connectivity index (χ0n) is 10.6. The molecule has 0 bridgehead atoms. The molecule has 1 aromatic heterocycles. The van der Waals surface area contributed by atoms with Crippen LogP contribution >= 0.6 is 0 Å². The van der Waals surface area contributed by atoms with Gasteiger partial charge in [-0.25, -0.2) is 9.97 Å². The van der Waals surface area contributed by atoms with Crippen LogP contribution in [0.4, 0.5) is 5.82 Å². The van der Waals surface area contributed by atoms with E-state index in [9.17, 15) is 0 Å². The summed E-state index contributed by atoms with van der Waals surface area (Å²) in [5.41, 5.74) is 5.99. The minimum Gasteiger partial charge on any atom is -0.409 e. The van der Waals surface area contributed by atoms with Gasteiger partial charge in [0.25, 0.3) is 0 Å². The van der Waals surface area contributed by atoms with Crippen molar-refractivity contribution in [1.82, 2.24) is 14.9 Å². The smallest absolute Gasteiger partial charge is 0.192 e. The van der Waals surface area contributed by atoms with Crippen LogP contribution in [-0.2, 0) is 0 Å². The third kappa shape index (κ3) is 3.09. The summed E-state index contributed by atoms with van der Waals surface area (Å²) >= 11 is 0. The summed E-state index contributed by atoms with van der Waals surface area (Å²) in [5.74, 6) is 0.585. The van der Waals surface area contributed by atoms with Gasteiger partial charge in [-0.1, -0.05) is 5.16 Å². The Hall–Kier alpha value is -1.93. The number of aliphatic hydroxyl groups is 1. The second-order valence-corrected chi connectivity index (χ2v) is 4.27. The van der Waals surface area contributed by atoms with Crippen molar-refractivity contribution in [2.24, 2.45) is 10.9 Å². The first-order chi connectivity index (χ1) is 9.26. The number of oxime groups is 1. The molecule has 2 rings (SSSR count). The molecule has 1 fully saturated rings. The second-order valence-electron chi connectivity index (χ2n) is 4.27. The number of aromatic nitrogens is 2. The van der Waals surface area contributed by atoms with Gasteiger partial charge < -0.3 is 20.9 Å². The number of rotatable bonds is 4. The van der Waals surface area contributed by atoms with E-state index in [1.165, 1.54) is 6.20 Å². The van der Waals surface area contributed by atoms with Gasteiger partial charge in [-0.2, -0.15) is 0 Å². The van der Waals surface area contributed by atoms with Gasteiger partial charge in [0.2, 0.25) is 0 Å². The van der Waals surface area contributed by atoms with Crippen LogP contribution in [0.5, 0.6) is 0 Å². The summed E-state index contributed by atoms with van der Waals surface area (Å²) in [6.07, 6.45) is 3.10. The van der Waals surface area contributed by atoms with Crippen LogP contribution in [-0.4, -0.2) is 70.3 Å². The van der Waals surface area contributed by atoms with E-state index in [1.807, 2.05) is 4.90 Å². The molecule has 4 N–H and O–H groups in total. The fourth-order valence-corrected chi connectivity index (χ4v) is 2.11. The van der Waals surface area contributed by atoms with E-state index >= 15 is 0 Å². The highest BCUT2D eigenvalue weighted by atomic mass is 16.4. The van der Waals surface area contributed by atoms with E-state index in [2.05, 4.69) is 20.0 Å². The zero-order chi connectivity index (χ0) is 13.7. The predicted molar refractivity (Wildman–Crippen MR) is 70.3 cm³/mol. The highest BCUT2D eigenvalue weighted by molar-refractivity contribution is 5.99. The molecule has 0 aromatic carbocycles. The van der Waals surface area contributed by atoms with Crippen LogP contribution in [0, 0.1) is 0 Å². The van der Waals surface area contributed by atoms with Crippen LogP contribution in [0.2, 0.25) is 0 Å². The average Bonchev–Trinajstić information content (AvgIpc) is 2.47. The van der Waals surface area contributed by atoms with Gasteiger partial charge in [0.15, 0.2) is 17.3 Å². The van der Waals surface area contributed by atoms with E-state index in [0.717, 1.165) is 26.2 Å². The van der Waals surface area contributed by atoms with E-state index < -0.39 is 0 Å². The maximum Gasteiger partial charge on any atom is 0.192 e. The molecule has 8 heteroatoms. The first kappa shape index (κ1) is 13.5. The minimum absolute atomic E-state index is 0.0408. The summed E-state index contributed by atoms with van der Waals surface area (Å²) in [6, 6.07) is 0. The number of hydrogen-bond donors (Lipinski definition) is 3. The predicted octanol–water partition coefficient (Wildman–Crippen LogP) is -1.31. The van der Waals surface area contributed by atoms with Crippen molar-refractivity contribution in [3.8, 4) is 0 Å². The molecule has 2 heterocycles. The Kier molecular flexibility index (Phi) is 4.48. The van der Waals surface area contributed by atoms with Gasteiger partial charge in [0.05, 0.1) is 6.61 Å². The van der Waals surface area contributed by atoms with Crippen molar-refractivity contribution in [2.45, 2.75) is 0 Å². The van der Waals surface area contributed by atoms with Crippen molar-refractivity contribution >= 4 is 11.7 Å². The van der Waals surface area contributed by atoms with Gasteiger partial charge in [0, 0.05) is 45.1 Å². The summed E-state index contributed by atoms with van der Waals surface area (Å²) in [6.45, 7) is 4.07. The minimum atomic E-state index is -0.0408. The molecule has 1 aliphatic heterocycles. The molecule has 8 nitrogen and oxygen atoms in total. The Morgan fingerprint density at radius 3 is 2.58 bits per heavy atom. The number of hydrogen-bond acceptors (Lipinski definition) is 7. The summed E-state index contributed by atoms with van der Waals surface area (Å²) in [4.78, 5) is 12.6. The van der Waals surface area contributed by atoms with E-state index in [0.29, 0.717) is 18.1 Å². The molecule has 19 heavy (non-hydrogen) atoms. The number of nitrogens with two attached hydrogens (primary N) is 1. The van der Waals surface area contributed by atoms with Gasteiger partial charge in [0.1, 0.15) is 0 Å². The average molecular weight is 266 g/mol. The summed E-state index contributed by atoms with van der Waals surface area (Å²) in [7, 11) is 0. The molecular weight excluding hydrogens is 248 g/mol. The van der Waals surface area contributed by atoms with Crippen LogP contribution in [0.3, 0.4) is 0 Å². The lowest BCUT2D eigenvalue weighted by molar-refractivity contribution is 0.188. The summed E-state index contributed by atoms with van der Waals surface area (Å²) < 4.78 is 0. The SMILES string of the molecule is NC(=NO)c1nccnc1N1CCN(CCO)CC1. The Labute approximate surface area is 111 Å². The molecule has 0 atom stereocenters. The number of anilines is 1. The number of piperazine rings is 1. The van der Waals surface area contributed by atoms with Crippen molar-refractivity contribution in [2.75, 3.05) is 44.2 Å². The number of amidine groups is 1. The van der Waals surface area contributed by atoms with Crippen LogP contribution in [0.1, 0.15) is 5.69 Å². The topological polar surface area (TPSA) is 111 Å². The quantitative estimate of drug-likeness (QED) is 0.268. The molecule has 0 spiro atoms.